The first kappa shape index (κ1) is 22.6. The first-order valence-corrected chi connectivity index (χ1v) is 12.8. The van der Waals surface area contributed by atoms with Gasteiger partial charge in [0.05, 0.1) is 17.8 Å². The van der Waals surface area contributed by atoms with E-state index in [0.717, 1.165) is 41.4 Å². The lowest BCUT2D eigenvalue weighted by Crippen LogP contribution is -2.30. The summed E-state index contributed by atoms with van der Waals surface area (Å²) in [6.07, 6.45) is 8.92. The van der Waals surface area contributed by atoms with E-state index in [0.29, 0.717) is 11.2 Å². The van der Waals surface area contributed by atoms with Crippen molar-refractivity contribution in [3.05, 3.63) is 103 Å². The number of pyridine rings is 1. The van der Waals surface area contributed by atoms with Crippen molar-refractivity contribution >= 4 is 23.0 Å². The first-order valence-electron chi connectivity index (χ1n) is 12.4. The van der Waals surface area contributed by atoms with E-state index in [1.807, 2.05) is 60.9 Å². The monoisotopic (exact) mass is 496 g/mol. The fourth-order valence-corrected chi connectivity index (χ4v) is 5.65. The fourth-order valence-electron chi connectivity index (χ4n) is 5.30. The van der Waals surface area contributed by atoms with Crippen LogP contribution in [-0.2, 0) is 0 Å². The summed E-state index contributed by atoms with van der Waals surface area (Å²) in [5.41, 5.74) is 3.95. The molecule has 2 aromatic heterocycles. The van der Waals surface area contributed by atoms with Gasteiger partial charge in [-0.05, 0) is 111 Å². The summed E-state index contributed by atoms with van der Waals surface area (Å²) in [5, 5.41) is 14.0. The molecule has 6 rings (SSSR count). The molecule has 7 heteroatoms. The zero-order valence-electron chi connectivity index (χ0n) is 19.8. The number of thiocarbonyl (C=S) groups is 1. The standard InChI is InChI=1S/C29H28N4O2S/c34-22-14-10-20(11-15-22)32-19-5-9-26(32)28-27(25-8-3-4-18-30-25)31-29(36)33(28)21-12-16-24(17-13-21)35-23-6-1-2-7-23/h3-5,8-19,23,27-28,34H,1-2,6-7H2,(H,31,36)/t27-,28+/m0/s1. The van der Waals surface area contributed by atoms with Crippen LogP contribution in [0.25, 0.3) is 5.69 Å². The third-order valence-corrected chi connectivity index (χ3v) is 7.34. The summed E-state index contributed by atoms with van der Waals surface area (Å²) in [6.45, 7) is 0. The van der Waals surface area contributed by atoms with Gasteiger partial charge in [0.2, 0.25) is 0 Å². The quantitative estimate of drug-likeness (QED) is 0.316. The summed E-state index contributed by atoms with van der Waals surface area (Å²) in [4.78, 5) is 6.82. The maximum absolute atomic E-state index is 9.80. The van der Waals surface area contributed by atoms with E-state index in [2.05, 4.69) is 38.0 Å². The minimum absolute atomic E-state index is 0.140. The maximum atomic E-state index is 9.80. The second-order valence-electron chi connectivity index (χ2n) is 9.33. The number of rotatable bonds is 6. The minimum atomic E-state index is -0.141. The van der Waals surface area contributed by atoms with Gasteiger partial charge < -0.3 is 24.6 Å². The summed E-state index contributed by atoms with van der Waals surface area (Å²) in [5.74, 6) is 1.14. The van der Waals surface area contributed by atoms with Crippen molar-refractivity contribution in [2.75, 3.05) is 4.90 Å². The molecule has 1 saturated carbocycles. The van der Waals surface area contributed by atoms with Gasteiger partial charge in [-0.15, -0.1) is 0 Å². The van der Waals surface area contributed by atoms with Crippen LogP contribution in [0.4, 0.5) is 5.69 Å². The number of nitrogens with zero attached hydrogens (tertiary/aromatic N) is 3. The number of hydrogen-bond acceptors (Lipinski definition) is 4. The molecule has 0 radical (unpaired) electrons. The summed E-state index contributed by atoms with van der Waals surface area (Å²) in [7, 11) is 0. The van der Waals surface area contributed by atoms with E-state index in [1.54, 1.807) is 12.1 Å². The fraction of sp³-hybridized carbons (Fsp3) is 0.241. The Morgan fingerprint density at radius 1 is 0.889 bits per heavy atom. The van der Waals surface area contributed by atoms with Crippen LogP contribution in [0.2, 0.25) is 0 Å². The van der Waals surface area contributed by atoms with Crippen LogP contribution in [0.1, 0.15) is 49.2 Å². The molecule has 2 fully saturated rings. The third-order valence-electron chi connectivity index (χ3n) is 7.03. The van der Waals surface area contributed by atoms with Crippen molar-refractivity contribution in [2.24, 2.45) is 0 Å². The highest BCUT2D eigenvalue weighted by atomic mass is 32.1. The van der Waals surface area contributed by atoms with Gasteiger partial charge in [-0.3, -0.25) is 4.98 Å². The topological polar surface area (TPSA) is 62.5 Å². The zero-order valence-corrected chi connectivity index (χ0v) is 20.6. The summed E-state index contributed by atoms with van der Waals surface area (Å²) in [6, 6.07) is 25.3. The van der Waals surface area contributed by atoms with Crippen LogP contribution in [0, 0.1) is 0 Å². The largest absolute Gasteiger partial charge is 0.508 e. The molecule has 3 heterocycles. The number of phenolic OH excluding ortho intramolecular Hbond substituents is 1. The highest BCUT2D eigenvalue weighted by Gasteiger charge is 2.42. The lowest BCUT2D eigenvalue weighted by atomic mass is 10.0. The molecule has 4 aromatic rings. The van der Waals surface area contributed by atoms with Crippen LogP contribution in [-0.4, -0.2) is 25.9 Å². The number of ether oxygens (including phenoxy) is 1. The van der Waals surface area contributed by atoms with Crippen LogP contribution < -0.4 is 15.0 Å². The van der Waals surface area contributed by atoms with Crippen molar-refractivity contribution in [1.82, 2.24) is 14.9 Å². The number of aromatic nitrogens is 2. The molecule has 1 saturated heterocycles. The predicted molar refractivity (Wildman–Crippen MR) is 145 cm³/mol. The van der Waals surface area contributed by atoms with Gasteiger partial charge in [-0.2, -0.15) is 0 Å². The van der Waals surface area contributed by atoms with Gasteiger partial charge in [0.15, 0.2) is 5.11 Å². The molecule has 2 atom stereocenters. The maximum Gasteiger partial charge on any atom is 0.174 e. The molecule has 36 heavy (non-hydrogen) atoms. The normalized spacial score (nSPS) is 20.0. The third kappa shape index (κ3) is 4.31. The highest BCUT2D eigenvalue weighted by Crippen LogP contribution is 2.42. The molecular weight excluding hydrogens is 468 g/mol. The van der Waals surface area contributed by atoms with Crippen molar-refractivity contribution in [3.8, 4) is 17.2 Å². The number of aromatic hydroxyl groups is 1. The van der Waals surface area contributed by atoms with Crippen LogP contribution in [0.15, 0.2) is 91.3 Å². The number of phenols is 1. The summed E-state index contributed by atoms with van der Waals surface area (Å²) < 4.78 is 8.33. The van der Waals surface area contributed by atoms with Gasteiger partial charge in [0.1, 0.15) is 17.5 Å². The van der Waals surface area contributed by atoms with Crippen molar-refractivity contribution in [1.29, 1.82) is 0 Å². The van der Waals surface area contributed by atoms with Gasteiger partial charge in [-0.1, -0.05) is 6.07 Å². The van der Waals surface area contributed by atoms with Crippen molar-refractivity contribution in [3.63, 3.8) is 0 Å². The van der Waals surface area contributed by atoms with E-state index >= 15 is 0 Å². The van der Waals surface area contributed by atoms with Crippen molar-refractivity contribution < 1.29 is 9.84 Å². The zero-order chi connectivity index (χ0) is 24.5. The average molecular weight is 497 g/mol. The number of hydrogen-bond donors (Lipinski definition) is 2. The number of nitrogens with one attached hydrogen (secondary N) is 1. The molecule has 1 aliphatic heterocycles. The molecule has 182 valence electrons. The molecular formula is C29H28N4O2S. The van der Waals surface area contributed by atoms with E-state index in [1.165, 1.54) is 12.8 Å². The number of benzene rings is 2. The van der Waals surface area contributed by atoms with Crippen LogP contribution >= 0.6 is 12.2 Å². The lowest BCUT2D eigenvalue weighted by molar-refractivity contribution is 0.210. The Labute approximate surface area is 216 Å². The molecule has 0 unspecified atom stereocenters. The first-order chi connectivity index (χ1) is 17.7. The van der Waals surface area contributed by atoms with E-state index < -0.39 is 0 Å². The Kier molecular flexibility index (Phi) is 6.07. The molecule has 6 nitrogen and oxygen atoms in total. The molecule has 0 bridgehead atoms. The van der Waals surface area contributed by atoms with Gasteiger partial charge in [-0.25, -0.2) is 0 Å². The molecule has 0 spiro atoms. The van der Waals surface area contributed by atoms with Gasteiger partial charge in [0, 0.05) is 29.5 Å². The number of anilines is 1. The van der Waals surface area contributed by atoms with E-state index in [9.17, 15) is 5.11 Å². The Hall–Kier alpha value is -3.84. The highest BCUT2D eigenvalue weighted by molar-refractivity contribution is 7.80. The molecule has 0 amide bonds. The van der Waals surface area contributed by atoms with Crippen LogP contribution in [0.3, 0.4) is 0 Å². The molecule has 2 N–H and O–H groups in total. The predicted octanol–water partition coefficient (Wildman–Crippen LogP) is 6.08. The smallest absolute Gasteiger partial charge is 0.174 e. The molecule has 2 aromatic carbocycles. The van der Waals surface area contributed by atoms with Crippen molar-refractivity contribution in [2.45, 2.75) is 43.9 Å². The second kappa shape index (κ2) is 9.66. The average Bonchev–Trinajstić information content (AvgIpc) is 3.66. The lowest BCUT2D eigenvalue weighted by Gasteiger charge is -2.29. The Morgan fingerprint density at radius 2 is 1.64 bits per heavy atom. The van der Waals surface area contributed by atoms with Crippen LogP contribution in [0.5, 0.6) is 11.5 Å². The van der Waals surface area contributed by atoms with Gasteiger partial charge >= 0.3 is 0 Å². The minimum Gasteiger partial charge on any atom is -0.508 e. The van der Waals surface area contributed by atoms with E-state index in [-0.39, 0.29) is 17.8 Å². The second-order valence-corrected chi connectivity index (χ2v) is 9.72. The molecule has 2 aliphatic rings. The van der Waals surface area contributed by atoms with Gasteiger partial charge in [0.25, 0.3) is 0 Å². The molecule has 1 aliphatic carbocycles. The Bertz CT molecular complexity index is 1330. The Balaban J connectivity index is 1.39. The van der Waals surface area contributed by atoms with E-state index in [4.69, 9.17) is 17.0 Å². The Morgan fingerprint density at radius 3 is 2.36 bits per heavy atom. The SMILES string of the molecule is Oc1ccc(-n2cccc2[C@@H]2[C@H](c3ccccn3)NC(=S)N2c2ccc(OC3CCCC3)cc2)cc1. The summed E-state index contributed by atoms with van der Waals surface area (Å²) >= 11 is 5.89.